The molecule has 0 atom stereocenters. The lowest BCUT2D eigenvalue weighted by Crippen LogP contribution is -2.24. The third kappa shape index (κ3) is 4.20. The molecule has 0 unspecified atom stereocenters. The van der Waals surface area contributed by atoms with Gasteiger partial charge in [0.25, 0.3) is 5.91 Å². The van der Waals surface area contributed by atoms with Gasteiger partial charge in [0.1, 0.15) is 0 Å². The fraction of sp³-hybridized carbons (Fsp3) is 0.227. The molecule has 0 radical (unpaired) electrons. The summed E-state index contributed by atoms with van der Waals surface area (Å²) in [6.07, 6.45) is -1.95. The maximum absolute atomic E-state index is 13.0. The Morgan fingerprint density at radius 2 is 1.97 bits per heavy atom. The van der Waals surface area contributed by atoms with E-state index in [4.69, 9.17) is 11.6 Å². The van der Waals surface area contributed by atoms with Crippen LogP contribution in [0.15, 0.2) is 48.7 Å². The van der Waals surface area contributed by atoms with Gasteiger partial charge in [0.2, 0.25) is 5.91 Å². The fourth-order valence-corrected chi connectivity index (χ4v) is 3.89. The summed E-state index contributed by atoms with van der Waals surface area (Å²) in [5.41, 5.74) is 0.980. The number of benzene rings is 2. The molecule has 10 heteroatoms. The van der Waals surface area contributed by atoms with Crippen LogP contribution in [0.2, 0.25) is 5.02 Å². The predicted molar refractivity (Wildman–Crippen MR) is 114 cm³/mol. The number of alkyl halides is 3. The standard InChI is InChI=1S/C22H18ClF3N4O2/c1-13-17(12-27-30(13)16-5-2-4-14(10-16)22(24,25)26)21(32)28-15-7-8-19(18(23)11-15)29-9-3-6-20(29)31/h2,4-5,7-8,10-12H,3,6,9H2,1H3,(H,28,32). The van der Waals surface area contributed by atoms with Crippen LogP contribution in [0, 0.1) is 6.92 Å². The van der Waals surface area contributed by atoms with E-state index in [0.717, 1.165) is 18.6 Å². The number of nitrogens with one attached hydrogen (secondary N) is 1. The normalized spacial score (nSPS) is 14.2. The Balaban J connectivity index is 1.55. The van der Waals surface area contributed by atoms with Crippen molar-refractivity contribution in [3.63, 3.8) is 0 Å². The fourth-order valence-electron chi connectivity index (χ4n) is 3.61. The summed E-state index contributed by atoms with van der Waals surface area (Å²) in [7, 11) is 0. The average molecular weight is 463 g/mol. The zero-order valence-corrected chi connectivity index (χ0v) is 17.7. The van der Waals surface area contributed by atoms with Crippen LogP contribution in [0.5, 0.6) is 0 Å². The minimum absolute atomic E-state index is 0.00122. The Morgan fingerprint density at radius 3 is 2.62 bits per heavy atom. The zero-order chi connectivity index (χ0) is 23.0. The van der Waals surface area contributed by atoms with Gasteiger partial charge in [-0.1, -0.05) is 17.7 Å². The molecule has 1 aliphatic heterocycles. The van der Waals surface area contributed by atoms with Crippen molar-refractivity contribution in [2.45, 2.75) is 25.9 Å². The molecule has 32 heavy (non-hydrogen) atoms. The van der Waals surface area contributed by atoms with E-state index in [1.807, 2.05) is 0 Å². The predicted octanol–water partition coefficient (Wildman–Crippen LogP) is 5.23. The highest BCUT2D eigenvalue weighted by molar-refractivity contribution is 6.34. The van der Waals surface area contributed by atoms with Gasteiger partial charge in [-0.15, -0.1) is 0 Å². The minimum atomic E-state index is -4.48. The quantitative estimate of drug-likeness (QED) is 0.577. The second kappa shape index (κ2) is 8.31. The van der Waals surface area contributed by atoms with Crippen molar-refractivity contribution in [1.82, 2.24) is 9.78 Å². The van der Waals surface area contributed by atoms with E-state index in [1.54, 1.807) is 30.0 Å². The number of aromatic nitrogens is 2. The van der Waals surface area contributed by atoms with Crippen LogP contribution in [-0.2, 0) is 11.0 Å². The zero-order valence-electron chi connectivity index (χ0n) is 16.9. The Hall–Kier alpha value is -3.33. The third-order valence-electron chi connectivity index (χ3n) is 5.24. The minimum Gasteiger partial charge on any atom is -0.322 e. The summed E-state index contributed by atoms with van der Waals surface area (Å²) in [6, 6.07) is 9.56. The maximum Gasteiger partial charge on any atom is 0.416 e. The highest BCUT2D eigenvalue weighted by Gasteiger charge is 2.31. The summed E-state index contributed by atoms with van der Waals surface area (Å²) >= 11 is 6.32. The van der Waals surface area contributed by atoms with Crippen LogP contribution >= 0.6 is 11.6 Å². The van der Waals surface area contributed by atoms with Gasteiger partial charge < -0.3 is 10.2 Å². The van der Waals surface area contributed by atoms with Crippen molar-refractivity contribution < 1.29 is 22.8 Å². The molecule has 6 nitrogen and oxygen atoms in total. The van der Waals surface area contributed by atoms with Gasteiger partial charge in [-0.25, -0.2) is 4.68 Å². The molecular weight excluding hydrogens is 445 g/mol. The second-order valence-electron chi connectivity index (χ2n) is 7.37. The third-order valence-corrected chi connectivity index (χ3v) is 5.54. The van der Waals surface area contributed by atoms with Crippen molar-refractivity contribution >= 4 is 34.8 Å². The van der Waals surface area contributed by atoms with Crippen LogP contribution in [-0.4, -0.2) is 28.1 Å². The number of halogens is 4. The molecule has 0 aliphatic carbocycles. The van der Waals surface area contributed by atoms with Gasteiger partial charge in [0.15, 0.2) is 0 Å². The van der Waals surface area contributed by atoms with Crippen LogP contribution in [0.25, 0.3) is 5.69 Å². The van der Waals surface area contributed by atoms with Gasteiger partial charge >= 0.3 is 6.18 Å². The van der Waals surface area contributed by atoms with Crippen molar-refractivity contribution in [1.29, 1.82) is 0 Å². The molecule has 1 aliphatic rings. The molecule has 1 N–H and O–H groups in total. The first-order chi connectivity index (χ1) is 15.1. The average Bonchev–Trinajstić information content (AvgIpc) is 3.33. The van der Waals surface area contributed by atoms with E-state index in [0.29, 0.717) is 35.1 Å². The number of carbonyl (C=O) groups is 2. The van der Waals surface area contributed by atoms with Gasteiger partial charge in [-0.3, -0.25) is 9.59 Å². The summed E-state index contributed by atoms with van der Waals surface area (Å²) in [4.78, 5) is 26.3. The largest absolute Gasteiger partial charge is 0.416 e. The molecule has 1 saturated heterocycles. The van der Waals surface area contributed by atoms with Crippen LogP contribution in [0.3, 0.4) is 0 Å². The van der Waals surface area contributed by atoms with Crippen molar-refractivity contribution in [3.8, 4) is 5.69 Å². The first-order valence-electron chi connectivity index (χ1n) is 9.78. The molecule has 166 valence electrons. The SMILES string of the molecule is Cc1c(C(=O)Nc2ccc(N3CCCC3=O)c(Cl)c2)cnn1-c1cccc(C(F)(F)F)c1. The van der Waals surface area contributed by atoms with E-state index < -0.39 is 17.6 Å². The summed E-state index contributed by atoms with van der Waals surface area (Å²) in [5.74, 6) is -0.483. The maximum atomic E-state index is 13.0. The van der Waals surface area contributed by atoms with Gasteiger partial charge in [-0.2, -0.15) is 18.3 Å². The van der Waals surface area contributed by atoms with Crippen molar-refractivity contribution in [2.75, 3.05) is 16.8 Å². The first-order valence-corrected chi connectivity index (χ1v) is 10.2. The van der Waals surface area contributed by atoms with E-state index in [1.165, 1.54) is 23.0 Å². The number of hydrogen-bond acceptors (Lipinski definition) is 3. The molecule has 2 aromatic carbocycles. The molecule has 1 fully saturated rings. The Morgan fingerprint density at radius 1 is 1.19 bits per heavy atom. The monoisotopic (exact) mass is 462 g/mol. The van der Waals surface area contributed by atoms with Crippen molar-refractivity contribution in [3.05, 3.63) is 70.5 Å². The molecule has 0 spiro atoms. The Kier molecular flexibility index (Phi) is 5.68. The van der Waals surface area contributed by atoms with Crippen LogP contribution in [0.4, 0.5) is 24.5 Å². The molecule has 3 aromatic rings. The molecule has 0 bridgehead atoms. The number of rotatable bonds is 4. The molecule has 4 rings (SSSR count). The summed E-state index contributed by atoms with van der Waals surface area (Å²) in [5, 5.41) is 7.12. The number of hydrogen-bond donors (Lipinski definition) is 1. The lowest BCUT2D eigenvalue weighted by molar-refractivity contribution is -0.137. The van der Waals surface area contributed by atoms with Crippen LogP contribution < -0.4 is 10.2 Å². The Bertz CT molecular complexity index is 1210. The van der Waals surface area contributed by atoms with E-state index in [9.17, 15) is 22.8 Å². The molecule has 0 saturated carbocycles. The van der Waals surface area contributed by atoms with Gasteiger partial charge in [0.05, 0.1) is 39.4 Å². The summed E-state index contributed by atoms with van der Waals surface area (Å²) < 4.78 is 40.3. The number of carbonyl (C=O) groups excluding carboxylic acids is 2. The highest BCUT2D eigenvalue weighted by atomic mass is 35.5. The van der Waals surface area contributed by atoms with Crippen molar-refractivity contribution in [2.24, 2.45) is 0 Å². The lowest BCUT2D eigenvalue weighted by Gasteiger charge is -2.18. The molecule has 1 aromatic heterocycles. The topological polar surface area (TPSA) is 67.2 Å². The van der Waals surface area contributed by atoms with Gasteiger partial charge in [-0.05, 0) is 49.7 Å². The number of anilines is 2. The molecule has 2 amide bonds. The van der Waals surface area contributed by atoms with Crippen LogP contribution in [0.1, 0.15) is 34.5 Å². The molecular formula is C22H18ClF3N4O2. The number of nitrogens with zero attached hydrogens (tertiary/aromatic N) is 3. The summed E-state index contributed by atoms with van der Waals surface area (Å²) in [6.45, 7) is 2.19. The molecule has 2 heterocycles. The first kappa shape index (κ1) is 21.9. The van der Waals surface area contributed by atoms with E-state index >= 15 is 0 Å². The lowest BCUT2D eigenvalue weighted by atomic mass is 10.2. The van der Waals surface area contributed by atoms with Gasteiger partial charge in [0, 0.05) is 18.7 Å². The van der Waals surface area contributed by atoms with E-state index in [-0.39, 0.29) is 17.2 Å². The Labute approximate surface area is 186 Å². The highest BCUT2D eigenvalue weighted by Crippen LogP contribution is 2.32. The van der Waals surface area contributed by atoms with E-state index in [2.05, 4.69) is 10.4 Å². The number of amides is 2. The second-order valence-corrected chi connectivity index (χ2v) is 7.78. The smallest absolute Gasteiger partial charge is 0.322 e.